The molecule has 0 saturated carbocycles. The number of amides is 1. The average Bonchev–Trinajstić information content (AvgIpc) is 3.28. The molecule has 0 aromatic heterocycles. The maximum Gasteiger partial charge on any atom is 0.420 e. The molecule has 0 unspecified atom stereocenters. The van der Waals surface area contributed by atoms with Crippen LogP contribution in [0.25, 0.3) is 6.08 Å². The minimum Gasteiger partial charge on any atom is -0.493 e. The topological polar surface area (TPSA) is 101 Å². The third-order valence-corrected chi connectivity index (χ3v) is 7.07. The number of thioether (sulfide) groups is 1. The fourth-order valence-corrected chi connectivity index (χ4v) is 5.01. The van der Waals surface area contributed by atoms with E-state index < -0.39 is 23.4 Å². The molecule has 0 atom stereocenters. The lowest BCUT2D eigenvalue weighted by Gasteiger charge is -2.31. The number of carbonyl (C=O) groups excluding carboxylic acids is 2. The summed E-state index contributed by atoms with van der Waals surface area (Å²) in [7, 11) is 2.71. The molecule has 0 radical (unpaired) electrons. The van der Waals surface area contributed by atoms with Gasteiger partial charge >= 0.3 is 12.1 Å². The number of hydrogen-bond acceptors (Lipinski definition) is 8. The van der Waals surface area contributed by atoms with Gasteiger partial charge in [-0.15, -0.1) is 0 Å². The van der Waals surface area contributed by atoms with Crippen LogP contribution in [0.3, 0.4) is 0 Å². The number of likely N-dealkylation sites (tertiary alicyclic amines) is 1. The van der Waals surface area contributed by atoms with Crippen LogP contribution in [0.5, 0.6) is 17.2 Å². The van der Waals surface area contributed by atoms with Crippen LogP contribution in [0.4, 0.5) is 13.2 Å². The normalized spacial score (nSPS) is 17.3. The Morgan fingerprint density at radius 2 is 1.84 bits per heavy atom. The van der Waals surface area contributed by atoms with Crippen molar-refractivity contribution in [1.82, 2.24) is 4.90 Å². The van der Waals surface area contributed by atoms with Crippen molar-refractivity contribution in [3.05, 3.63) is 58.0 Å². The molecule has 0 spiro atoms. The number of esters is 1. The highest BCUT2D eigenvalue weighted by Gasteiger charge is 2.35. The monoisotopic (exact) mass is 545 g/mol. The van der Waals surface area contributed by atoms with E-state index in [0.29, 0.717) is 41.6 Å². The van der Waals surface area contributed by atoms with Crippen molar-refractivity contribution in [1.29, 1.82) is 5.26 Å². The van der Waals surface area contributed by atoms with Gasteiger partial charge in [0.25, 0.3) is 5.91 Å². The molecule has 12 heteroatoms. The molecule has 2 aliphatic heterocycles. The van der Waals surface area contributed by atoms with Gasteiger partial charge in [-0.1, -0.05) is 6.07 Å². The van der Waals surface area contributed by atoms with E-state index in [4.69, 9.17) is 19.5 Å². The molecule has 0 bridgehead atoms. The first kappa shape index (κ1) is 27.1. The molecule has 2 heterocycles. The molecule has 1 saturated heterocycles. The molecule has 38 heavy (non-hydrogen) atoms. The predicted octanol–water partition coefficient (Wildman–Crippen LogP) is 5.23. The van der Waals surface area contributed by atoms with Crippen molar-refractivity contribution in [2.45, 2.75) is 19.0 Å². The number of alkyl halides is 3. The van der Waals surface area contributed by atoms with Gasteiger partial charge in [-0.05, 0) is 66.6 Å². The van der Waals surface area contributed by atoms with Crippen LogP contribution in [0, 0.1) is 17.2 Å². The summed E-state index contributed by atoms with van der Waals surface area (Å²) in [6.07, 6.45) is -1.91. The van der Waals surface area contributed by atoms with Crippen molar-refractivity contribution < 1.29 is 37.0 Å². The zero-order chi connectivity index (χ0) is 27.4. The summed E-state index contributed by atoms with van der Waals surface area (Å²) in [5.41, 5.74) is -0.674. The first-order valence-corrected chi connectivity index (χ1v) is 12.3. The number of rotatable bonds is 5. The lowest BCUT2D eigenvalue weighted by Crippen LogP contribution is -2.38. The summed E-state index contributed by atoms with van der Waals surface area (Å²) in [6, 6.07) is 9.27. The average molecular weight is 546 g/mol. The Morgan fingerprint density at radius 3 is 2.47 bits per heavy atom. The lowest BCUT2D eigenvalue weighted by atomic mass is 9.97. The Morgan fingerprint density at radius 1 is 1.13 bits per heavy atom. The summed E-state index contributed by atoms with van der Waals surface area (Å²) in [4.78, 5) is 30.7. The predicted molar refractivity (Wildman–Crippen MR) is 134 cm³/mol. The Kier molecular flexibility index (Phi) is 7.97. The number of aliphatic imine (C=N–C) groups is 1. The smallest absolute Gasteiger partial charge is 0.420 e. The number of piperidine rings is 1. The van der Waals surface area contributed by atoms with Gasteiger partial charge in [0.15, 0.2) is 16.7 Å². The zero-order valence-corrected chi connectivity index (χ0v) is 21.2. The summed E-state index contributed by atoms with van der Waals surface area (Å²) < 4.78 is 56.2. The van der Waals surface area contributed by atoms with E-state index in [1.807, 2.05) is 4.90 Å². The third-order valence-electron chi connectivity index (χ3n) is 6.03. The second-order valence-corrected chi connectivity index (χ2v) is 9.44. The molecular weight excluding hydrogens is 523 g/mol. The largest absolute Gasteiger partial charge is 0.493 e. The summed E-state index contributed by atoms with van der Waals surface area (Å²) in [5, 5.41) is 9.50. The molecule has 0 N–H and O–H groups in total. The highest BCUT2D eigenvalue weighted by molar-refractivity contribution is 8.18. The van der Waals surface area contributed by atoms with E-state index in [2.05, 4.69) is 4.99 Å². The van der Waals surface area contributed by atoms with Crippen molar-refractivity contribution in [3.8, 4) is 23.3 Å². The number of carbonyl (C=O) groups is 2. The molecule has 1 fully saturated rings. The molecule has 4 rings (SSSR count). The SMILES string of the molecule is COC(=O)C1CCN(C2=NC(=O)/C(=C\c3ccc(Oc4ccc(C#N)cc4C(F)(F)F)c(OC)c3)S2)CC1. The van der Waals surface area contributed by atoms with Crippen LogP contribution in [0.1, 0.15) is 29.5 Å². The molecule has 198 valence electrons. The van der Waals surface area contributed by atoms with Crippen molar-refractivity contribution in [3.63, 3.8) is 0 Å². The minimum absolute atomic E-state index is 0.0284. The van der Waals surface area contributed by atoms with Crippen LogP contribution in [-0.2, 0) is 20.5 Å². The van der Waals surface area contributed by atoms with Gasteiger partial charge < -0.3 is 19.1 Å². The summed E-state index contributed by atoms with van der Waals surface area (Å²) >= 11 is 1.21. The number of nitrogens with zero attached hydrogens (tertiary/aromatic N) is 3. The van der Waals surface area contributed by atoms with Crippen molar-refractivity contribution in [2.75, 3.05) is 27.3 Å². The maximum atomic E-state index is 13.5. The molecule has 1 amide bonds. The van der Waals surface area contributed by atoms with Gasteiger partial charge in [0, 0.05) is 13.1 Å². The number of halogens is 3. The second kappa shape index (κ2) is 11.2. The fraction of sp³-hybridized carbons (Fsp3) is 0.308. The van der Waals surface area contributed by atoms with Gasteiger partial charge in [-0.25, -0.2) is 0 Å². The van der Waals surface area contributed by atoms with Gasteiger partial charge in [0.05, 0.1) is 42.2 Å². The Labute approximate surface area is 220 Å². The highest BCUT2D eigenvalue weighted by Crippen LogP contribution is 2.41. The highest BCUT2D eigenvalue weighted by atomic mass is 32.2. The number of nitriles is 1. The van der Waals surface area contributed by atoms with Crippen LogP contribution in [0.2, 0.25) is 0 Å². The van der Waals surface area contributed by atoms with E-state index in [0.717, 1.165) is 12.1 Å². The van der Waals surface area contributed by atoms with E-state index in [-0.39, 0.29) is 28.9 Å². The first-order valence-electron chi connectivity index (χ1n) is 11.5. The number of hydrogen-bond donors (Lipinski definition) is 0. The molecule has 0 aliphatic carbocycles. The standard InChI is InChI=1S/C26H22F3N3O5S/c1-35-21-12-15(3-6-20(21)37-19-5-4-16(14-30)11-18(19)26(27,28)29)13-22-23(33)31-25(38-22)32-9-7-17(8-10-32)24(34)36-2/h3-6,11-13,17H,7-10H2,1-2H3/b22-13+. The molecular formula is C26H22F3N3O5S. The number of methoxy groups -OCH3 is 2. The van der Waals surface area contributed by atoms with Crippen molar-refractivity contribution >= 4 is 34.9 Å². The van der Waals surface area contributed by atoms with Crippen LogP contribution >= 0.6 is 11.8 Å². The van der Waals surface area contributed by atoms with Gasteiger partial charge in [-0.2, -0.15) is 23.4 Å². The lowest BCUT2D eigenvalue weighted by molar-refractivity contribution is -0.146. The second-order valence-electron chi connectivity index (χ2n) is 8.43. The quantitative estimate of drug-likeness (QED) is 0.372. The molecule has 2 aliphatic rings. The van der Waals surface area contributed by atoms with Gasteiger partial charge in [0.2, 0.25) is 0 Å². The fourth-order valence-electron chi connectivity index (χ4n) is 4.04. The Hall–Kier alpha value is -3.98. The summed E-state index contributed by atoms with van der Waals surface area (Å²) in [6.45, 7) is 1.14. The Bertz CT molecular complexity index is 1360. The van der Waals surface area contributed by atoms with Gasteiger partial charge in [-0.3, -0.25) is 9.59 Å². The Balaban J connectivity index is 1.49. The maximum absolute atomic E-state index is 13.5. The molecule has 2 aromatic rings. The third kappa shape index (κ3) is 5.94. The van der Waals surface area contributed by atoms with Crippen LogP contribution < -0.4 is 9.47 Å². The number of ether oxygens (including phenoxy) is 3. The van der Waals surface area contributed by atoms with E-state index in [1.165, 1.54) is 44.2 Å². The van der Waals surface area contributed by atoms with Gasteiger partial charge in [0.1, 0.15) is 5.75 Å². The van der Waals surface area contributed by atoms with E-state index >= 15 is 0 Å². The minimum atomic E-state index is -4.73. The molecule has 8 nitrogen and oxygen atoms in total. The van der Waals surface area contributed by atoms with Crippen LogP contribution in [-0.4, -0.2) is 49.3 Å². The zero-order valence-electron chi connectivity index (χ0n) is 20.4. The van der Waals surface area contributed by atoms with Crippen LogP contribution in [0.15, 0.2) is 46.3 Å². The van der Waals surface area contributed by atoms with E-state index in [9.17, 15) is 22.8 Å². The number of amidine groups is 1. The number of benzene rings is 2. The van der Waals surface area contributed by atoms with E-state index in [1.54, 1.807) is 18.2 Å². The van der Waals surface area contributed by atoms with Crippen molar-refractivity contribution in [2.24, 2.45) is 10.9 Å². The molecule has 2 aromatic carbocycles. The summed E-state index contributed by atoms with van der Waals surface area (Å²) in [5.74, 6) is -1.11. The first-order chi connectivity index (χ1) is 18.1.